The Balaban J connectivity index is 1.76. The number of hydrogen-bond acceptors (Lipinski definition) is 7. The molecule has 0 aromatic carbocycles. The molecule has 2 aliphatic heterocycles. The van der Waals surface area contributed by atoms with E-state index in [1.54, 1.807) is 13.8 Å². The molecule has 2 saturated heterocycles. The van der Waals surface area contributed by atoms with Crippen LogP contribution < -0.4 is 5.73 Å². The SMILES string of the molecule is CC(C)(C[CH]C(=O)N1CCC2C1C(=O)CN2S(=O)(=O)C(=O)c1cccnc1)C(N)=O. The molecule has 0 spiro atoms. The van der Waals surface area contributed by atoms with Gasteiger partial charge in [-0.3, -0.25) is 24.2 Å². The molecule has 1 aromatic heterocycles. The lowest BCUT2D eigenvalue weighted by Gasteiger charge is -2.25. The van der Waals surface area contributed by atoms with Gasteiger partial charge in [-0.1, -0.05) is 13.8 Å². The van der Waals surface area contributed by atoms with Gasteiger partial charge in [-0.2, -0.15) is 4.31 Å². The van der Waals surface area contributed by atoms with E-state index in [1.807, 2.05) is 0 Å². The van der Waals surface area contributed by atoms with Gasteiger partial charge in [-0.05, 0) is 25.0 Å². The molecule has 2 atom stereocenters. The summed E-state index contributed by atoms with van der Waals surface area (Å²) in [4.78, 5) is 54.2. The molecule has 10 nitrogen and oxygen atoms in total. The molecular formula is C19H23N4O6S. The molecule has 3 heterocycles. The van der Waals surface area contributed by atoms with Crippen molar-refractivity contribution in [2.24, 2.45) is 11.1 Å². The van der Waals surface area contributed by atoms with E-state index in [-0.39, 0.29) is 24.9 Å². The number of fused-ring (bicyclic) bond motifs is 1. The van der Waals surface area contributed by atoms with Crippen molar-refractivity contribution in [2.75, 3.05) is 13.1 Å². The summed E-state index contributed by atoms with van der Waals surface area (Å²) >= 11 is 0. The average molecular weight is 435 g/mol. The first-order chi connectivity index (χ1) is 14.0. The van der Waals surface area contributed by atoms with Gasteiger partial charge in [0.1, 0.15) is 6.04 Å². The van der Waals surface area contributed by atoms with Crippen molar-refractivity contribution in [3.63, 3.8) is 0 Å². The number of pyridine rings is 1. The van der Waals surface area contributed by atoms with Crippen LogP contribution in [0.3, 0.4) is 0 Å². The molecule has 0 saturated carbocycles. The maximum Gasteiger partial charge on any atom is 0.293 e. The predicted octanol–water partition coefficient (Wildman–Crippen LogP) is -0.488. The monoisotopic (exact) mass is 435 g/mol. The Morgan fingerprint density at radius 2 is 2.03 bits per heavy atom. The first-order valence-electron chi connectivity index (χ1n) is 9.39. The third kappa shape index (κ3) is 3.86. The Morgan fingerprint density at radius 1 is 1.33 bits per heavy atom. The van der Waals surface area contributed by atoms with Gasteiger partial charge in [0.2, 0.25) is 11.8 Å². The number of ketones is 1. The lowest BCUT2D eigenvalue weighted by molar-refractivity contribution is -0.134. The van der Waals surface area contributed by atoms with Gasteiger partial charge in [0.25, 0.3) is 15.1 Å². The Bertz CT molecular complexity index is 992. The fourth-order valence-corrected chi connectivity index (χ4v) is 5.15. The molecule has 1 radical (unpaired) electrons. The molecule has 2 N–H and O–H groups in total. The maximum absolute atomic E-state index is 12.9. The topological polar surface area (TPSA) is 148 Å². The highest BCUT2D eigenvalue weighted by Gasteiger charge is 2.54. The maximum atomic E-state index is 12.9. The molecular weight excluding hydrogens is 412 g/mol. The van der Waals surface area contributed by atoms with Crippen LogP contribution in [-0.2, 0) is 24.4 Å². The van der Waals surface area contributed by atoms with Crippen molar-refractivity contribution in [2.45, 2.75) is 38.8 Å². The van der Waals surface area contributed by atoms with E-state index in [2.05, 4.69) is 4.98 Å². The normalized spacial score (nSPS) is 22.2. The number of sulfonamides is 1. The number of primary amides is 1. The minimum absolute atomic E-state index is 0.0880. The van der Waals surface area contributed by atoms with Crippen molar-refractivity contribution in [3.05, 3.63) is 36.5 Å². The largest absolute Gasteiger partial charge is 0.369 e. The van der Waals surface area contributed by atoms with Crippen molar-refractivity contribution in [3.8, 4) is 0 Å². The number of Topliss-reactive ketones (excluding diaryl/α,β-unsaturated/α-hetero) is 1. The van der Waals surface area contributed by atoms with Crippen molar-refractivity contribution < 1.29 is 27.6 Å². The van der Waals surface area contributed by atoms with E-state index in [1.165, 1.54) is 29.7 Å². The Morgan fingerprint density at radius 3 is 2.63 bits per heavy atom. The van der Waals surface area contributed by atoms with Crippen LogP contribution in [0.5, 0.6) is 0 Å². The highest BCUT2D eigenvalue weighted by atomic mass is 32.2. The molecule has 2 unspecified atom stereocenters. The third-order valence-electron chi connectivity index (χ3n) is 5.55. The minimum atomic E-state index is -4.45. The number of aromatic nitrogens is 1. The number of hydrogen-bond donors (Lipinski definition) is 1. The van der Waals surface area contributed by atoms with Crippen LogP contribution in [0, 0.1) is 11.8 Å². The number of nitrogens with two attached hydrogens (primary N) is 1. The van der Waals surface area contributed by atoms with Crippen LogP contribution in [0.15, 0.2) is 24.5 Å². The van der Waals surface area contributed by atoms with E-state index in [0.29, 0.717) is 0 Å². The van der Waals surface area contributed by atoms with E-state index < -0.39 is 56.8 Å². The zero-order valence-corrected chi connectivity index (χ0v) is 17.5. The number of likely N-dealkylation sites (tertiary alicyclic amines) is 1. The Hall–Kier alpha value is -2.66. The van der Waals surface area contributed by atoms with Gasteiger partial charge in [0.05, 0.1) is 24.6 Å². The molecule has 2 amide bonds. The summed E-state index contributed by atoms with van der Waals surface area (Å²) in [6, 6.07) is 1.02. The number of carbonyl (C=O) groups excluding carboxylic acids is 4. The Kier molecular flexibility index (Phi) is 5.79. The zero-order chi connectivity index (χ0) is 22.3. The molecule has 1 aromatic rings. The summed E-state index contributed by atoms with van der Waals surface area (Å²) in [5, 5.41) is -1.14. The van der Waals surface area contributed by atoms with Gasteiger partial charge >= 0.3 is 0 Å². The van der Waals surface area contributed by atoms with Crippen molar-refractivity contribution >= 4 is 32.7 Å². The van der Waals surface area contributed by atoms with Crippen molar-refractivity contribution in [1.29, 1.82) is 0 Å². The summed E-state index contributed by atoms with van der Waals surface area (Å²) in [7, 11) is -4.45. The van der Waals surface area contributed by atoms with Crippen LogP contribution in [-0.4, -0.2) is 70.5 Å². The first-order valence-corrected chi connectivity index (χ1v) is 10.8. The van der Waals surface area contributed by atoms with Crippen LogP contribution in [0.4, 0.5) is 0 Å². The molecule has 161 valence electrons. The van der Waals surface area contributed by atoms with Crippen LogP contribution in [0.1, 0.15) is 37.0 Å². The van der Waals surface area contributed by atoms with E-state index >= 15 is 0 Å². The fourth-order valence-electron chi connectivity index (χ4n) is 3.64. The number of amides is 2. The standard InChI is InChI=1S/C19H23N4O6S/c1-19(2,18(20)27)7-5-15(25)22-9-6-13-16(22)14(24)11-23(13)30(28,29)17(26)12-4-3-8-21-10-12/h3-5,8,10,13,16H,6-7,9,11H2,1-2H3,(H2,20,27). The average Bonchev–Trinajstić information content (AvgIpc) is 3.27. The summed E-state index contributed by atoms with van der Waals surface area (Å²) in [6.45, 7) is 2.90. The van der Waals surface area contributed by atoms with Gasteiger partial charge in [-0.25, -0.2) is 8.42 Å². The number of rotatable bonds is 6. The summed E-state index contributed by atoms with van der Waals surface area (Å²) < 4.78 is 26.6. The number of carbonyl (C=O) groups is 4. The molecule has 30 heavy (non-hydrogen) atoms. The quantitative estimate of drug-likeness (QED) is 0.634. The smallest absolute Gasteiger partial charge is 0.293 e. The second-order valence-corrected chi connectivity index (χ2v) is 9.82. The van der Waals surface area contributed by atoms with Gasteiger partial charge in [0.15, 0.2) is 5.78 Å². The van der Waals surface area contributed by atoms with Gasteiger partial charge in [-0.15, -0.1) is 0 Å². The summed E-state index contributed by atoms with van der Waals surface area (Å²) in [5.74, 6) is -1.48. The van der Waals surface area contributed by atoms with Crippen molar-refractivity contribution in [1.82, 2.24) is 14.2 Å². The lowest BCUT2D eigenvalue weighted by atomic mass is 9.87. The number of nitrogens with zero attached hydrogens (tertiary/aromatic N) is 3. The highest BCUT2D eigenvalue weighted by Crippen LogP contribution is 2.33. The summed E-state index contributed by atoms with van der Waals surface area (Å²) in [5.41, 5.74) is 4.29. The molecule has 0 bridgehead atoms. The zero-order valence-electron chi connectivity index (χ0n) is 16.6. The molecule has 11 heteroatoms. The van der Waals surface area contributed by atoms with E-state index in [0.717, 1.165) is 10.5 Å². The second kappa shape index (κ2) is 7.88. The minimum Gasteiger partial charge on any atom is -0.369 e. The fraction of sp³-hybridized carbons (Fsp3) is 0.474. The van der Waals surface area contributed by atoms with E-state index in [4.69, 9.17) is 5.73 Å². The predicted molar refractivity (Wildman–Crippen MR) is 105 cm³/mol. The Labute approximate surface area is 174 Å². The van der Waals surface area contributed by atoms with Crippen LogP contribution in [0.2, 0.25) is 0 Å². The summed E-state index contributed by atoms with van der Waals surface area (Å²) in [6.07, 6.45) is 4.17. The van der Waals surface area contributed by atoms with Gasteiger partial charge in [0, 0.05) is 24.4 Å². The van der Waals surface area contributed by atoms with E-state index in [9.17, 15) is 27.6 Å². The molecule has 3 rings (SSSR count). The first kappa shape index (κ1) is 22.0. The second-order valence-electron chi connectivity index (χ2n) is 8.03. The third-order valence-corrected chi connectivity index (χ3v) is 7.28. The lowest BCUT2D eigenvalue weighted by Crippen LogP contribution is -2.45. The molecule has 0 aliphatic carbocycles. The van der Waals surface area contributed by atoms with Gasteiger partial charge < -0.3 is 10.6 Å². The highest BCUT2D eigenvalue weighted by molar-refractivity contribution is 8.04. The molecule has 2 aliphatic rings. The van der Waals surface area contributed by atoms with Crippen LogP contribution in [0.25, 0.3) is 0 Å². The molecule has 2 fully saturated rings. The van der Waals surface area contributed by atoms with Crippen LogP contribution >= 0.6 is 0 Å².